The zero-order valence-electron chi connectivity index (χ0n) is 21.0. The highest BCUT2D eigenvalue weighted by Gasteiger charge is 2.19. The molecule has 0 aliphatic heterocycles. The number of aryl methyl sites for hydroxylation is 1. The number of hydrogen-bond donors (Lipinski definition) is 4. The first-order valence-electron chi connectivity index (χ1n) is 12.0. The molecule has 0 radical (unpaired) electrons. The quantitative estimate of drug-likeness (QED) is 0.175. The molecule has 202 valence electrons. The molecule has 2 heterocycles. The minimum atomic E-state index is -0.868. The Hall–Kier alpha value is -5.29. The lowest BCUT2D eigenvalue weighted by molar-refractivity contribution is 0.0706. The van der Waals surface area contributed by atoms with Gasteiger partial charge in [0.25, 0.3) is 17.4 Å². The fourth-order valence-electron chi connectivity index (χ4n) is 4.24. The molecule has 0 unspecified atom stereocenters. The number of rotatable bonds is 7. The first-order valence-corrected chi connectivity index (χ1v) is 12.0. The van der Waals surface area contributed by atoms with Crippen molar-refractivity contribution in [1.82, 2.24) is 20.3 Å². The summed E-state index contributed by atoms with van der Waals surface area (Å²) in [5.41, 5.74) is 3.53. The number of halogens is 2. The Balaban J connectivity index is 1.46. The van der Waals surface area contributed by atoms with E-state index in [2.05, 4.69) is 10.3 Å². The van der Waals surface area contributed by atoms with Gasteiger partial charge in [-0.1, -0.05) is 30.3 Å². The number of hydrogen-bond acceptors (Lipinski definition) is 5. The van der Waals surface area contributed by atoms with Crippen molar-refractivity contribution in [1.29, 1.82) is 0 Å². The standard InChI is InChI=1S/C29H22F2N4O5/c1-35-15-21(19-4-2-3-5-24(19)40-25-11-10-18(30)12-22(25)31)20-13-23(33-26(20)29(35)38)28(37)32-14-16-6-8-17(9-7-16)27(36)34-39/h2-13,15,33,39H,14H2,1H3,(H,32,37)(H,34,36). The molecule has 0 aliphatic carbocycles. The van der Waals surface area contributed by atoms with Gasteiger partial charge in [0.2, 0.25) is 0 Å². The summed E-state index contributed by atoms with van der Waals surface area (Å²) in [5, 5.41) is 11.9. The molecule has 0 saturated carbocycles. The first-order chi connectivity index (χ1) is 19.2. The minimum absolute atomic E-state index is 0.138. The molecule has 11 heteroatoms. The van der Waals surface area contributed by atoms with Gasteiger partial charge in [-0.15, -0.1) is 0 Å². The van der Waals surface area contributed by atoms with Crippen LogP contribution in [0, 0.1) is 11.6 Å². The van der Waals surface area contributed by atoms with Gasteiger partial charge in [-0.05, 0) is 42.0 Å². The Bertz CT molecular complexity index is 1810. The van der Waals surface area contributed by atoms with E-state index in [4.69, 9.17) is 9.94 Å². The largest absolute Gasteiger partial charge is 0.454 e. The highest BCUT2D eigenvalue weighted by molar-refractivity contribution is 6.03. The number of amides is 2. The lowest BCUT2D eigenvalue weighted by Gasteiger charge is -2.13. The molecule has 2 aromatic heterocycles. The zero-order valence-corrected chi connectivity index (χ0v) is 21.0. The van der Waals surface area contributed by atoms with E-state index in [0.29, 0.717) is 22.1 Å². The molecule has 5 rings (SSSR count). The van der Waals surface area contributed by atoms with E-state index in [0.717, 1.165) is 12.1 Å². The SMILES string of the molecule is Cn1cc(-c2ccccc2Oc2ccc(F)cc2F)c2cc(C(=O)NCc3ccc(C(=O)NO)cc3)[nH]c2c1=O. The summed E-state index contributed by atoms with van der Waals surface area (Å²) < 4.78 is 34.8. The second-order valence-corrected chi connectivity index (χ2v) is 8.92. The van der Waals surface area contributed by atoms with Crippen LogP contribution >= 0.6 is 0 Å². The van der Waals surface area contributed by atoms with Gasteiger partial charge >= 0.3 is 0 Å². The van der Waals surface area contributed by atoms with Crippen molar-refractivity contribution < 1.29 is 28.3 Å². The lowest BCUT2D eigenvalue weighted by atomic mass is 10.0. The van der Waals surface area contributed by atoms with Crippen LogP contribution in [0.1, 0.15) is 26.4 Å². The van der Waals surface area contributed by atoms with Crippen molar-refractivity contribution in [3.63, 3.8) is 0 Å². The van der Waals surface area contributed by atoms with Crippen LogP contribution in [-0.2, 0) is 13.6 Å². The van der Waals surface area contributed by atoms with E-state index in [1.807, 2.05) is 0 Å². The van der Waals surface area contributed by atoms with Crippen LogP contribution in [0.2, 0.25) is 0 Å². The third-order valence-corrected chi connectivity index (χ3v) is 6.27. The second-order valence-electron chi connectivity index (χ2n) is 8.92. The van der Waals surface area contributed by atoms with E-state index in [-0.39, 0.29) is 40.4 Å². The maximum atomic E-state index is 14.3. The van der Waals surface area contributed by atoms with E-state index in [1.165, 1.54) is 22.8 Å². The van der Waals surface area contributed by atoms with Crippen LogP contribution in [0.15, 0.2) is 83.8 Å². The number of nitrogens with one attached hydrogen (secondary N) is 3. The van der Waals surface area contributed by atoms with Crippen molar-refractivity contribution in [2.75, 3.05) is 0 Å². The summed E-state index contributed by atoms with van der Waals surface area (Å²) in [7, 11) is 1.57. The minimum Gasteiger partial charge on any atom is -0.454 e. The molecule has 2 amide bonds. The smallest absolute Gasteiger partial charge is 0.274 e. The van der Waals surface area contributed by atoms with Crippen LogP contribution in [0.4, 0.5) is 8.78 Å². The van der Waals surface area contributed by atoms with Gasteiger partial charge in [0, 0.05) is 47.9 Å². The van der Waals surface area contributed by atoms with E-state index >= 15 is 0 Å². The number of carbonyl (C=O) groups is 2. The molecule has 0 saturated heterocycles. The van der Waals surface area contributed by atoms with Crippen molar-refractivity contribution in [3.05, 3.63) is 118 Å². The van der Waals surface area contributed by atoms with E-state index in [1.54, 1.807) is 61.2 Å². The number of fused-ring (bicyclic) bond motifs is 1. The van der Waals surface area contributed by atoms with Gasteiger partial charge in [0.05, 0.1) is 0 Å². The number of aromatic amines is 1. The molecule has 4 N–H and O–H groups in total. The van der Waals surface area contributed by atoms with Crippen LogP contribution < -0.4 is 21.1 Å². The summed E-state index contributed by atoms with van der Waals surface area (Å²) in [5.74, 6) is -2.64. The number of pyridine rings is 1. The summed E-state index contributed by atoms with van der Waals surface area (Å²) >= 11 is 0. The molecule has 3 aromatic carbocycles. The fraction of sp³-hybridized carbons (Fsp3) is 0.0690. The zero-order chi connectivity index (χ0) is 28.4. The number of nitrogens with zero attached hydrogens (tertiary/aromatic N) is 1. The van der Waals surface area contributed by atoms with Gasteiger partial charge in [-0.2, -0.15) is 0 Å². The molecule has 0 spiro atoms. The number of ether oxygens (including phenoxy) is 1. The molecular weight excluding hydrogens is 522 g/mol. The molecule has 40 heavy (non-hydrogen) atoms. The van der Waals surface area contributed by atoms with Crippen molar-refractivity contribution in [2.45, 2.75) is 6.54 Å². The monoisotopic (exact) mass is 544 g/mol. The maximum Gasteiger partial charge on any atom is 0.274 e. The molecule has 0 aliphatic rings. The number of hydroxylamine groups is 1. The highest BCUT2D eigenvalue weighted by Crippen LogP contribution is 2.37. The van der Waals surface area contributed by atoms with Crippen molar-refractivity contribution >= 4 is 22.7 Å². The fourth-order valence-corrected chi connectivity index (χ4v) is 4.24. The third-order valence-electron chi connectivity index (χ3n) is 6.27. The molecule has 9 nitrogen and oxygen atoms in total. The van der Waals surface area contributed by atoms with Crippen LogP contribution in [0.25, 0.3) is 22.0 Å². The molecule has 5 aromatic rings. The van der Waals surface area contributed by atoms with Gasteiger partial charge in [0.15, 0.2) is 11.6 Å². The van der Waals surface area contributed by atoms with E-state index < -0.39 is 23.4 Å². The van der Waals surface area contributed by atoms with Crippen LogP contribution in [0.3, 0.4) is 0 Å². The van der Waals surface area contributed by atoms with Crippen molar-refractivity contribution in [3.8, 4) is 22.6 Å². The van der Waals surface area contributed by atoms with Gasteiger partial charge in [-0.25, -0.2) is 14.3 Å². The van der Waals surface area contributed by atoms with Crippen LogP contribution in [-0.4, -0.2) is 26.6 Å². The Kier molecular flexibility index (Phi) is 7.13. The Morgan fingerprint density at radius 3 is 2.42 bits per heavy atom. The van der Waals surface area contributed by atoms with Gasteiger partial charge < -0.3 is 19.6 Å². The normalized spacial score (nSPS) is 10.9. The predicted molar refractivity (Wildman–Crippen MR) is 142 cm³/mol. The average molecular weight is 545 g/mol. The van der Waals surface area contributed by atoms with E-state index in [9.17, 15) is 23.2 Å². The van der Waals surface area contributed by atoms with Crippen molar-refractivity contribution in [2.24, 2.45) is 7.05 Å². The van der Waals surface area contributed by atoms with Crippen LogP contribution in [0.5, 0.6) is 11.5 Å². The summed E-state index contributed by atoms with van der Waals surface area (Å²) in [4.78, 5) is 40.3. The Morgan fingerprint density at radius 2 is 1.70 bits per heavy atom. The number of para-hydroxylation sites is 1. The molecule has 0 fully saturated rings. The summed E-state index contributed by atoms with van der Waals surface area (Å²) in [6, 6.07) is 17.6. The molecular formula is C29H22F2N4O5. The lowest BCUT2D eigenvalue weighted by Crippen LogP contribution is -2.23. The number of aromatic nitrogens is 2. The average Bonchev–Trinajstić information content (AvgIpc) is 3.41. The molecule has 0 atom stereocenters. The second kappa shape index (κ2) is 10.8. The Morgan fingerprint density at radius 1 is 0.950 bits per heavy atom. The topological polar surface area (TPSA) is 125 Å². The van der Waals surface area contributed by atoms with Gasteiger partial charge in [-0.3, -0.25) is 19.6 Å². The third kappa shape index (κ3) is 5.18. The van der Waals surface area contributed by atoms with Gasteiger partial charge in [0.1, 0.15) is 22.8 Å². The number of carbonyl (C=O) groups excluding carboxylic acids is 2. The summed E-state index contributed by atoms with van der Waals surface area (Å²) in [6.07, 6.45) is 1.59. The predicted octanol–water partition coefficient (Wildman–Crippen LogP) is 4.65. The summed E-state index contributed by atoms with van der Waals surface area (Å²) in [6.45, 7) is 0.139. The Labute approximate surface area is 225 Å². The number of benzene rings is 3. The first kappa shape index (κ1) is 26.3. The molecule has 0 bridgehead atoms. The highest BCUT2D eigenvalue weighted by atomic mass is 19.1. The number of H-pyrrole nitrogens is 1. The maximum absolute atomic E-state index is 14.3.